The maximum atomic E-state index is 5.22. The molecule has 1 saturated heterocycles. The lowest BCUT2D eigenvalue weighted by molar-refractivity contribution is 0.369. The maximum absolute atomic E-state index is 5.22. The Balaban J connectivity index is 2.20. The lowest BCUT2D eigenvalue weighted by Crippen LogP contribution is -2.42. The van der Waals surface area contributed by atoms with Crippen LogP contribution in [0.25, 0.3) is 0 Å². The van der Waals surface area contributed by atoms with Gasteiger partial charge in [-0.3, -0.25) is 0 Å². The molecule has 2 N–H and O–H groups in total. The number of hydrogen-bond acceptors (Lipinski definition) is 4. The number of nitrogens with zero attached hydrogens (tertiary/aromatic N) is 1. The van der Waals surface area contributed by atoms with Gasteiger partial charge < -0.3 is 15.4 Å². The Labute approximate surface area is 83.7 Å². The van der Waals surface area contributed by atoms with Crippen LogP contribution in [-0.2, 0) is 0 Å². The van der Waals surface area contributed by atoms with Crippen molar-refractivity contribution >= 4 is 0 Å². The van der Waals surface area contributed by atoms with Gasteiger partial charge in [-0.15, -0.1) is 0 Å². The number of methoxy groups -OCH3 is 1. The van der Waals surface area contributed by atoms with Gasteiger partial charge in [-0.1, -0.05) is 6.07 Å². The molecule has 4 heteroatoms. The second-order valence-corrected chi connectivity index (χ2v) is 3.31. The highest BCUT2D eigenvalue weighted by Crippen LogP contribution is 2.22. The van der Waals surface area contributed by atoms with Gasteiger partial charge in [0, 0.05) is 31.4 Å². The van der Waals surface area contributed by atoms with Crippen molar-refractivity contribution in [3.8, 4) is 5.88 Å². The van der Waals surface area contributed by atoms with Crippen molar-refractivity contribution in [2.45, 2.75) is 6.04 Å². The van der Waals surface area contributed by atoms with E-state index in [1.54, 1.807) is 13.3 Å². The number of ether oxygens (including phenoxy) is 1. The molecule has 2 heterocycles. The quantitative estimate of drug-likeness (QED) is 0.710. The van der Waals surface area contributed by atoms with Crippen LogP contribution in [0.2, 0.25) is 0 Å². The van der Waals surface area contributed by atoms with Gasteiger partial charge in [0.25, 0.3) is 0 Å². The summed E-state index contributed by atoms with van der Waals surface area (Å²) in [6.45, 7) is 2.95. The minimum atomic E-state index is 0.312. The molecular weight excluding hydrogens is 178 g/mol. The van der Waals surface area contributed by atoms with E-state index in [4.69, 9.17) is 4.74 Å². The summed E-state index contributed by atoms with van der Waals surface area (Å²) >= 11 is 0. The molecule has 0 aromatic carbocycles. The summed E-state index contributed by atoms with van der Waals surface area (Å²) < 4.78 is 5.22. The van der Waals surface area contributed by atoms with Crippen LogP contribution < -0.4 is 15.4 Å². The number of piperazine rings is 1. The van der Waals surface area contributed by atoms with Gasteiger partial charge in [0.15, 0.2) is 0 Å². The van der Waals surface area contributed by atoms with Crippen molar-refractivity contribution in [3.63, 3.8) is 0 Å². The Morgan fingerprint density at radius 1 is 1.50 bits per heavy atom. The van der Waals surface area contributed by atoms with Gasteiger partial charge in [-0.25, -0.2) is 4.98 Å². The Morgan fingerprint density at radius 3 is 3.14 bits per heavy atom. The third kappa shape index (κ3) is 1.86. The normalized spacial score (nSPS) is 21.9. The number of nitrogens with one attached hydrogen (secondary N) is 2. The fraction of sp³-hybridized carbons (Fsp3) is 0.500. The molecule has 1 atom stereocenters. The van der Waals surface area contributed by atoms with Crippen LogP contribution in [0.15, 0.2) is 18.3 Å². The van der Waals surface area contributed by atoms with Crippen LogP contribution >= 0.6 is 0 Å². The van der Waals surface area contributed by atoms with Crippen LogP contribution in [0.5, 0.6) is 5.88 Å². The average molecular weight is 193 g/mol. The summed E-state index contributed by atoms with van der Waals surface area (Å²) in [5.74, 6) is 0.716. The highest BCUT2D eigenvalue weighted by molar-refractivity contribution is 5.29. The van der Waals surface area contributed by atoms with Gasteiger partial charge in [0.2, 0.25) is 5.88 Å². The molecule has 4 nitrogen and oxygen atoms in total. The SMILES string of the molecule is COc1ncccc1C1CNCCN1. The van der Waals surface area contributed by atoms with Crippen molar-refractivity contribution in [1.82, 2.24) is 15.6 Å². The van der Waals surface area contributed by atoms with Crippen molar-refractivity contribution in [3.05, 3.63) is 23.9 Å². The second kappa shape index (κ2) is 4.39. The molecule has 14 heavy (non-hydrogen) atoms. The lowest BCUT2D eigenvalue weighted by atomic mass is 10.1. The first-order valence-electron chi connectivity index (χ1n) is 4.85. The minimum absolute atomic E-state index is 0.312. The fourth-order valence-corrected chi connectivity index (χ4v) is 1.71. The molecule has 1 fully saturated rings. The van der Waals surface area contributed by atoms with Crippen molar-refractivity contribution in [2.24, 2.45) is 0 Å². The van der Waals surface area contributed by atoms with Crippen molar-refractivity contribution < 1.29 is 4.74 Å². The molecule has 1 aromatic rings. The topological polar surface area (TPSA) is 46.2 Å². The monoisotopic (exact) mass is 193 g/mol. The zero-order valence-corrected chi connectivity index (χ0v) is 8.29. The number of rotatable bonds is 2. The first-order chi connectivity index (χ1) is 6.92. The zero-order valence-electron chi connectivity index (χ0n) is 8.29. The van der Waals surface area contributed by atoms with Crippen molar-refractivity contribution in [2.75, 3.05) is 26.7 Å². The minimum Gasteiger partial charge on any atom is -0.481 e. The molecule has 0 amide bonds. The van der Waals surface area contributed by atoms with Gasteiger partial charge >= 0.3 is 0 Å². The van der Waals surface area contributed by atoms with Gasteiger partial charge in [0.1, 0.15) is 0 Å². The molecule has 2 rings (SSSR count). The molecule has 0 spiro atoms. The van der Waals surface area contributed by atoms with E-state index in [1.807, 2.05) is 6.07 Å². The lowest BCUT2D eigenvalue weighted by Gasteiger charge is -2.25. The predicted octanol–water partition coefficient (Wildman–Crippen LogP) is 0.324. The van der Waals surface area contributed by atoms with Crippen LogP contribution in [0.1, 0.15) is 11.6 Å². The molecular formula is C10H15N3O. The smallest absolute Gasteiger partial charge is 0.217 e. The van der Waals surface area contributed by atoms with Gasteiger partial charge in [-0.05, 0) is 6.07 Å². The molecule has 0 saturated carbocycles. The molecule has 1 aromatic heterocycles. The Morgan fingerprint density at radius 2 is 2.43 bits per heavy atom. The van der Waals surface area contributed by atoms with E-state index >= 15 is 0 Å². The van der Waals surface area contributed by atoms with Gasteiger partial charge in [0.05, 0.1) is 13.2 Å². The maximum Gasteiger partial charge on any atom is 0.217 e. The van der Waals surface area contributed by atoms with E-state index in [9.17, 15) is 0 Å². The Kier molecular flexibility index (Phi) is 2.96. The van der Waals surface area contributed by atoms with E-state index < -0.39 is 0 Å². The van der Waals surface area contributed by atoms with E-state index in [2.05, 4.69) is 21.7 Å². The molecule has 1 aliphatic rings. The molecule has 0 bridgehead atoms. The standard InChI is InChI=1S/C10H15N3O/c1-14-10-8(3-2-4-13-10)9-7-11-5-6-12-9/h2-4,9,11-12H,5-7H2,1H3. The summed E-state index contributed by atoms with van der Waals surface area (Å²) in [5, 5.41) is 6.77. The summed E-state index contributed by atoms with van der Waals surface area (Å²) in [5.41, 5.74) is 1.13. The average Bonchev–Trinajstić information content (AvgIpc) is 2.30. The second-order valence-electron chi connectivity index (χ2n) is 3.31. The van der Waals surface area contributed by atoms with Crippen LogP contribution in [0.3, 0.4) is 0 Å². The fourth-order valence-electron chi connectivity index (χ4n) is 1.71. The van der Waals surface area contributed by atoms with Crippen LogP contribution in [0, 0.1) is 0 Å². The zero-order chi connectivity index (χ0) is 9.80. The number of aromatic nitrogens is 1. The summed E-state index contributed by atoms with van der Waals surface area (Å²) in [6.07, 6.45) is 1.75. The first kappa shape index (κ1) is 9.43. The molecule has 1 aliphatic heterocycles. The molecule has 0 aliphatic carbocycles. The molecule has 1 unspecified atom stereocenters. The summed E-state index contributed by atoms with van der Waals surface area (Å²) in [4.78, 5) is 4.18. The molecule has 0 radical (unpaired) electrons. The Bertz CT molecular complexity index is 297. The highest BCUT2D eigenvalue weighted by atomic mass is 16.5. The van der Waals surface area contributed by atoms with E-state index in [0.717, 1.165) is 25.2 Å². The third-order valence-electron chi connectivity index (χ3n) is 2.41. The van der Waals surface area contributed by atoms with Crippen LogP contribution in [0.4, 0.5) is 0 Å². The van der Waals surface area contributed by atoms with Crippen molar-refractivity contribution in [1.29, 1.82) is 0 Å². The summed E-state index contributed by atoms with van der Waals surface area (Å²) in [6, 6.07) is 4.30. The number of hydrogen-bond donors (Lipinski definition) is 2. The predicted molar refractivity (Wildman–Crippen MR) is 54.4 cm³/mol. The highest BCUT2D eigenvalue weighted by Gasteiger charge is 2.18. The Hall–Kier alpha value is -1.13. The van der Waals surface area contributed by atoms with E-state index in [-0.39, 0.29) is 0 Å². The van der Waals surface area contributed by atoms with E-state index in [0.29, 0.717) is 11.9 Å². The number of pyridine rings is 1. The van der Waals surface area contributed by atoms with E-state index in [1.165, 1.54) is 0 Å². The molecule has 76 valence electrons. The first-order valence-corrected chi connectivity index (χ1v) is 4.85. The largest absolute Gasteiger partial charge is 0.481 e. The van der Waals surface area contributed by atoms with Gasteiger partial charge in [-0.2, -0.15) is 0 Å². The summed E-state index contributed by atoms with van der Waals surface area (Å²) in [7, 11) is 1.65. The third-order valence-corrected chi connectivity index (χ3v) is 2.41. The van der Waals surface area contributed by atoms with Crippen LogP contribution in [-0.4, -0.2) is 31.7 Å².